The van der Waals surface area contributed by atoms with Gasteiger partial charge in [0.2, 0.25) is 0 Å². The normalized spacial score (nSPS) is 28.0. The van der Waals surface area contributed by atoms with Crippen molar-refractivity contribution in [1.82, 2.24) is 0 Å². The lowest BCUT2D eigenvalue weighted by Gasteiger charge is -2.47. The fourth-order valence-electron chi connectivity index (χ4n) is 3.56. The number of benzene rings is 1. The van der Waals surface area contributed by atoms with Crippen LogP contribution in [0.3, 0.4) is 0 Å². The van der Waals surface area contributed by atoms with E-state index in [-0.39, 0.29) is 17.3 Å². The molecule has 0 saturated heterocycles. The summed E-state index contributed by atoms with van der Waals surface area (Å²) in [6, 6.07) is 8.10. The molecule has 0 bridgehead atoms. The molecule has 21 heavy (non-hydrogen) atoms. The van der Waals surface area contributed by atoms with Gasteiger partial charge in [-0.1, -0.05) is 39.0 Å². The lowest BCUT2D eigenvalue weighted by atomic mass is 9.63. The number of rotatable bonds is 3. The number of carbonyl (C=O) groups excluding carboxylic acids is 1. The Balaban J connectivity index is 2.35. The van der Waals surface area contributed by atoms with Crippen molar-refractivity contribution in [3.63, 3.8) is 0 Å². The lowest BCUT2D eigenvalue weighted by Crippen LogP contribution is -2.56. The van der Waals surface area contributed by atoms with Crippen LogP contribution in [0.5, 0.6) is 0 Å². The van der Waals surface area contributed by atoms with Crippen LogP contribution in [0.4, 0.5) is 5.69 Å². The van der Waals surface area contributed by atoms with Crippen LogP contribution < -0.4 is 5.32 Å². The summed E-state index contributed by atoms with van der Waals surface area (Å²) in [5.41, 5.74) is 1.84. The van der Waals surface area contributed by atoms with Crippen molar-refractivity contribution < 1.29 is 9.53 Å². The number of carbonyl (C=O) groups is 1. The second-order valence-corrected chi connectivity index (χ2v) is 7.17. The Morgan fingerprint density at radius 3 is 2.52 bits per heavy atom. The fourth-order valence-corrected chi connectivity index (χ4v) is 3.56. The number of para-hydroxylation sites is 1. The number of ether oxygens (including phenoxy) is 1. The predicted molar refractivity (Wildman–Crippen MR) is 86.3 cm³/mol. The van der Waals surface area contributed by atoms with Crippen molar-refractivity contribution in [3.8, 4) is 0 Å². The number of methoxy groups -OCH3 is 1. The molecule has 3 nitrogen and oxygen atoms in total. The van der Waals surface area contributed by atoms with Gasteiger partial charge in [-0.25, -0.2) is 4.79 Å². The Morgan fingerprint density at radius 2 is 1.95 bits per heavy atom. The van der Waals surface area contributed by atoms with Gasteiger partial charge in [0.15, 0.2) is 0 Å². The smallest absolute Gasteiger partial charge is 0.331 e. The van der Waals surface area contributed by atoms with E-state index >= 15 is 0 Å². The maximum atomic E-state index is 12.5. The molecule has 0 radical (unpaired) electrons. The van der Waals surface area contributed by atoms with E-state index in [1.54, 1.807) is 0 Å². The molecule has 0 amide bonds. The van der Waals surface area contributed by atoms with E-state index in [1.807, 2.05) is 18.2 Å². The van der Waals surface area contributed by atoms with Crippen molar-refractivity contribution in [2.24, 2.45) is 11.3 Å². The Bertz CT molecular complexity index is 524. The van der Waals surface area contributed by atoms with E-state index in [0.29, 0.717) is 0 Å². The van der Waals surface area contributed by atoms with Gasteiger partial charge in [-0.3, -0.25) is 0 Å². The van der Waals surface area contributed by atoms with Crippen LogP contribution in [0, 0.1) is 18.3 Å². The SMILES string of the molecule is COC(=O)C1(Nc2ccccc2C)CCC(C)(C)CC1C. The van der Waals surface area contributed by atoms with Crippen molar-refractivity contribution in [3.05, 3.63) is 29.8 Å². The maximum Gasteiger partial charge on any atom is 0.331 e. The number of anilines is 1. The Labute approximate surface area is 128 Å². The van der Waals surface area contributed by atoms with Gasteiger partial charge in [-0.15, -0.1) is 0 Å². The second kappa shape index (κ2) is 5.70. The van der Waals surface area contributed by atoms with Gasteiger partial charge in [0.25, 0.3) is 0 Å². The minimum atomic E-state index is -0.615. The molecule has 1 N–H and O–H groups in total. The molecule has 1 aromatic carbocycles. The maximum absolute atomic E-state index is 12.5. The number of hydrogen-bond acceptors (Lipinski definition) is 3. The first-order chi connectivity index (χ1) is 9.81. The molecule has 2 unspecified atom stereocenters. The zero-order chi connectivity index (χ0) is 15.7. The Kier molecular flexibility index (Phi) is 4.31. The lowest BCUT2D eigenvalue weighted by molar-refractivity contribution is -0.150. The summed E-state index contributed by atoms with van der Waals surface area (Å²) in [6.45, 7) is 8.77. The number of esters is 1. The molecule has 0 heterocycles. The minimum Gasteiger partial charge on any atom is -0.467 e. The van der Waals surface area contributed by atoms with E-state index in [4.69, 9.17) is 4.74 Å². The van der Waals surface area contributed by atoms with Gasteiger partial charge < -0.3 is 10.1 Å². The molecule has 1 aliphatic rings. The predicted octanol–water partition coefficient (Wildman–Crippen LogP) is 4.16. The molecule has 1 aliphatic carbocycles. The monoisotopic (exact) mass is 289 g/mol. The zero-order valence-corrected chi connectivity index (χ0v) is 13.8. The molecule has 0 aliphatic heterocycles. The van der Waals surface area contributed by atoms with E-state index in [0.717, 1.165) is 30.5 Å². The van der Waals surface area contributed by atoms with Crippen molar-refractivity contribution in [2.75, 3.05) is 12.4 Å². The molecule has 1 saturated carbocycles. The summed E-state index contributed by atoms with van der Waals surface area (Å²) in [4.78, 5) is 12.5. The van der Waals surface area contributed by atoms with Crippen LogP contribution in [0.1, 0.15) is 45.6 Å². The topological polar surface area (TPSA) is 38.3 Å². The highest BCUT2D eigenvalue weighted by molar-refractivity contribution is 5.85. The average Bonchev–Trinajstić information content (AvgIpc) is 2.43. The highest BCUT2D eigenvalue weighted by Crippen LogP contribution is 2.46. The van der Waals surface area contributed by atoms with Gasteiger partial charge in [0.05, 0.1) is 7.11 Å². The number of hydrogen-bond donors (Lipinski definition) is 1. The molecule has 0 aromatic heterocycles. The Morgan fingerprint density at radius 1 is 1.29 bits per heavy atom. The molecular formula is C18H27NO2. The van der Waals surface area contributed by atoms with Gasteiger partial charge in [0, 0.05) is 5.69 Å². The van der Waals surface area contributed by atoms with Crippen LogP contribution in [0.2, 0.25) is 0 Å². The van der Waals surface area contributed by atoms with Crippen molar-refractivity contribution in [2.45, 2.75) is 52.5 Å². The van der Waals surface area contributed by atoms with Crippen LogP contribution in [0.15, 0.2) is 24.3 Å². The summed E-state index contributed by atoms with van der Waals surface area (Å²) >= 11 is 0. The highest BCUT2D eigenvalue weighted by atomic mass is 16.5. The zero-order valence-electron chi connectivity index (χ0n) is 13.8. The molecule has 1 fully saturated rings. The minimum absolute atomic E-state index is 0.145. The van der Waals surface area contributed by atoms with Gasteiger partial charge in [-0.05, 0) is 49.1 Å². The van der Waals surface area contributed by atoms with E-state index < -0.39 is 5.54 Å². The molecule has 2 atom stereocenters. The standard InChI is InChI=1S/C18H27NO2/c1-13-8-6-7-9-15(13)19-18(16(20)21-5)11-10-17(3,4)12-14(18)2/h6-9,14,19H,10-12H2,1-5H3. The first-order valence-corrected chi connectivity index (χ1v) is 7.73. The first-order valence-electron chi connectivity index (χ1n) is 7.73. The first kappa shape index (κ1) is 15.9. The van der Waals surface area contributed by atoms with Crippen LogP contribution in [-0.2, 0) is 9.53 Å². The quantitative estimate of drug-likeness (QED) is 0.849. The van der Waals surface area contributed by atoms with Gasteiger partial charge in [-0.2, -0.15) is 0 Å². The second-order valence-electron chi connectivity index (χ2n) is 7.17. The van der Waals surface area contributed by atoms with Crippen molar-refractivity contribution >= 4 is 11.7 Å². The average molecular weight is 289 g/mol. The summed E-state index contributed by atoms with van der Waals surface area (Å²) in [6.07, 6.45) is 2.84. The van der Waals surface area contributed by atoms with Gasteiger partial charge in [0.1, 0.15) is 5.54 Å². The Hall–Kier alpha value is -1.51. The summed E-state index contributed by atoms with van der Waals surface area (Å²) < 4.78 is 5.14. The molecule has 1 aromatic rings. The van der Waals surface area contributed by atoms with Crippen LogP contribution in [0.25, 0.3) is 0 Å². The molecule has 3 heteroatoms. The number of aryl methyl sites for hydroxylation is 1. The van der Waals surface area contributed by atoms with E-state index in [9.17, 15) is 4.79 Å². The van der Waals surface area contributed by atoms with Gasteiger partial charge >= 0.3 is 5.97 Å². The van der Waals surface area contributed by atoms with Crippen LogP contribution >= 0.6 is 0 Å². The van der Waals surface area contributed by atoms with E-state index in [2.05, 4.69) is 39.1 Å². The summed E-state index contributed by atoms with van der Waals surface area (Å²) in [5, 5.41) is 3.53. The van der Waals surface area contributed by atoms with Crippen LogP contribution in [-0.4, -0.2) is 18.6 Å². The fraction of sp³-hybridized carbons (Fsp3) is 0.611. The molecule has 116 valence electrons. The molecule has 0 spiro atoms. The molecule has 2 rings (SSSR count). The molecular weight excluding hydrogens is 262 g/mol. The third kappa shape index (κ3) is 3.07. The summed E-state index contributed by atoms with van der Waals surface area (Å²) in [5.74, 6) is 0.0852. The highest BCUT2D eigenvalue weighted by Gasteiger charge is 2.50. The third-order valence-electron chi connectivity index (χ3n) is 4.95. The van der Waals surface area contributed by atoms with Crippen molar-refractivity contribution in [1.29, 1.82) is 0 Å². The summed E-state index contributed by atoms with van der Waals surface area (Å²) in [7, 11) is 1.48. The largest absolute Gasteiger partial charge is 0.467 e. The van der Waals surface area contributed by atoms with E-state index in [1.165, 1.54) is 7.11 Å². The number of nitrogens with one attached hydrogen (secondary N) is 1. The third-order valence-corrected chi connectivity index (χ3v) is 4.95.